The van der Waals surface area contributed by atoms with E-state index in [0.29, 0.717) is 12.1 Å². The number of nitrogens with one attached hydrogen (secondary N) is 2. The van der Waals surface area contributed by atoms with Gasteiger partial charge in [0.2, 0.25) is 0 Å². The zero-order valence-corrected chi connectivity index (χ0v) is 14.9. The van der Waals surface area contributed by atoms with Crippen molar-refractivity contribution in [1.82, 2.24) is 20.4 Å². The SMILES string of the molecule is O=C(COC(=O)c1ccc(Cn2cccn2)cc1)NC(=O)NC1CCCC1. The van der Waals surface area contributed by atoms with Gasteiger partial charge in [-0.25, -0.2) is 9.59 Å². The Morgan fingerprint density at radius 3 is 2.56 bits per heavy atom. The molecular formula is C19H22N4O4. The van der Waals surface area contributed by atoms with Gasteiger partial charge in [-0.05, 0) is 36.6 Å². The number of carbonyl (C=O) groups excluding carboxylic acids is 3. The second-order valence-electron chi connectivity index (χ2n) is 6.48. The Bertz CT molecular complexity index is 781. The van der Waals surface area contributed by atoms with Gasteiger partial charge in [0.1, 0.15) is 0 Å². The number of esters is 1. The highest BCUT2D eigenvalue weighted by atomic mass is 16.5. The molecule has 1 aromatic carbocycles. The topological polar surface area (TPSA) is 102 Å². The number of ether oxygens (including phenoxy) is 1. The van der Waals surface area contributed by atoms with Crippen molar-refractivity contribution in [3.8, 4) is 0 Å². The van der Waals surface area contributed by atoms with E-state index < -0.39 is 24.5 Å². The molecule has 0 atom stereocenters. The van der Waals surface area contributed by atoms with Gasteiger partial charge in [-0.2, -0.15) is 5.10 Å². The molecule has 3 rings (SSSR count). The molecule has 1 aliphatic carbocycles. The third-order valence-electron chi connectivity index (χ3n) is 4.37. The van der Waals surface area contributed by atoms with E-state index in [1.54, 1.807) is 35.1 Å². The van der Waals surface area contributed by atoms with Crippen LogP contribution < -0.4 is 10.6 Å². The monoisotopic (exact) mass is 370 g/mol. The number of rotatable bonds is 6. The summed E-state index contributed by atoms with van der Waals surface area (Å²) in [5.41, 5.74) is 1.32. The van der Waals surface area contributed by atoms with Crippen molar-refractivity contribution in [2.45, 2.75) is 38.3 Å². The number of hydrogen-bond acceptors (Lipinski definition) is 5. The van der Waals surface area contributed by atoms with Gasteiger partial charge in [-0.15, -0.1) is 0 Å². The summed E-state index contributed by atoms with van der Waals surface area (Å²) in [6.45, 7) is 0.0901. The normalized spacial score (nSPS) is 13.9. The first-order valence-corrected chi connectivity index (χ1v) is 8.94. The van der Waals surface area contributed by atoms with Crippen molar-refractivity contribution in [2.24, 2.45) is 0 Å². The number of hydrogen-bond donors (Lipinski definition) is 2. The van der Waals surface area contributed by atoms with Crippen LogP contribution in [0.3, 0.4) is 0 Å². The smallest absolute Gasteiger partial charge is 0.338 e. The molecule has 8 heteroatoms. The lowest BCUT2D eigenvalue weighted by Crippen LogP contribution is -2.44. The zero-order valence-electron chi connectivity index (χ0n) is 14.9. The average Bonchev–Trinajstić information content (AvgIpc) is 3.34. The van der Waals surface area contributed by atoms with Crippen molar-refractivity contribution in [1.29, 1.82) is 0 Å². The predicted octanol–water partition coefficient (Wildman–Crippen LogP) is 1.86. The second kappa shape index (κ2) is 8.98. The van der Waals surface area contributed by atoms with Crippen molar-refractivity contribution >= 4 is 17.9 Å². The lowest BCUT2D eigenvalue weighted by Gasteiger charge is -2.12. The maximum Gasteiger partial charge on any atom is 0.338 e. The second-order valence-corrected chi connectivity index (χ2v) is 6.48. The molecule has 0 spiro atoms. The Morgan fingerprint density at radius 1 is 1.15 bits per heavy atom. The van der Waals surface area contributed by atoms with E-state index in [4.69, 9.17) is 4.74 Å². The maximum atomic E-state index is 12.0. The molecule has 1 heterocycles. The first kappa shape index (κ1) is 18.6. The minimum Gasteiger partial charge on any atom is -0.452 e. The quantitative estimate of drug-likeness (QED) is 0.756. The fraction of sp³-hybridized carbons (Fsp3) is 0.368. The molecule has 8 nitrogen and oxygen atoms in total. The van der Waals surface area contributed by atoms with Gasteiger partial charge in [0, 0.05) is 18.4 Å². The molecule has 0 radical (unpaired) electrons. The molecule has 3 amide bonds. The number of benzene rings is 1. The van der Waals surface area contributed by atoms with Crippen molar-refractivity contribution in [3.63, 3.8) is 0 Å². The minimum absolute atomic E-state index is 0.112. The van der Waals surface area contributed by atoms with Crippen LogP contribution in [0.25, 0.3) is 0 Å². The minimum atomic E-state index is -0.658. The van der Waals surface area contributed by atoms with Crippen LogP contribution in [0.15, 0.2) is 42.7 Å². The molecule has 0 unspecified atom stereocenters. The largest absolute Gasteiger partial charge is 0.452 e. The molecule has 1 fully saturated rings. The number of nitrogens with zero attached hydrogens (tertiary/aromatic N) is 2. The number of imide groups is 1. The van der Waals surface area contributed by atoms with Crippen LogP contribution in [0.2, 0.25) is 0 Å². The molecular weight excluding hydrogens is 348 g/mol. The summed E-state index contributed by atoms with van der Waals surface area (Å²) in [4.78, 5) is 35.5. The molecule has 1 aromatic heterocycles. The van der Waals surface area contributed by atoms with Crippen molar-refractivity contribution in [3.05, 3.63) is 53.9 Å². The molecule has 0 aliphatic heterocycles. The lowest BCUT2D eigenvalue weighted by molar-refractivity contribution is -0.123. The molecule has 2 aromatic rings. The molecule has 27 heavy (non-hydrogen) atoms. The van der Waals surface area contributed by atoms with Gasteiger partial charge in [0.15, 0.2) is 6.61 Å². The molecule has 0 saturated heterocycles. The van der Waals surface area contributed by atoms with E-state index in [1.807, 2.05) is 12.3 Å². The van der Waals surface area contributed by atoms with Crippen LogP contribution in [-0.2, 0) is 16.1 Å². The molecule has 1 saturated carbocycles. The van der Waals surface area contributed by atoms with E-state index >= 15 is 0 Å². The summed E-state index contributed by atoms with van der Waals surface area (Å²) in [6, 6.07) is 8.26. The van der Waals surface area contributed by atoms with E-state index in [9.17, 15) is 14.4 Å². The van der Waals surface area contributed by atoms with E-state index in [-0.39, 0.29) is 6.04 Å². The molecule has 0 bridgehead atoms. The predicted molar refractivity (Wildman–Crippen MR) is 97.0 cm³/mol. The third-order valence-corrected chi connectivity index (χ3v) is 4.37. The lowest BCUT2D eigenvalue weighted by atomic mass is 10.1. The van der Waals surface area contributed by atoms with Crippen molar-refractivity contribution in [2.75, 3.05) is 6.61 Å². The fourth-order valence-electron chi connectivity index (χ4n) is 3.00. The Morgan fingerprint density at radius 2 is 1.89 bits per heavy atom. The number of urea groups is 1. The highest BCUT2D eigenvalue weighted by Gasteiger charge is 2.18. The van der Waals surface area contributed by atoms with Crippen LogP contribution in [0, 0.1) is 0 Å². The van der Waals surface area contributed by atoms with Crippen LogP contribution >= 0.6 is 0 Å². The Hall–Kier alpha value is -3.16. The van der Waals surface area contributed by atoms with Gasteiger partial charge >= 0.3 is 12.0 Å². The Balaban J connectivity index is 1.41. The molecule has 142 valence electrons. The highest BCUT2D eigenvalue weighted by molar-refractivity contribution is 5.97. The van der Waals surface area contributed by atoms with E-state index in [2.05, 4.69) is 15.7 Å². The first-order chi connectivity index (χ1) is 13.1. The van der Waals surface area contributed by atoms with Crippen molar-refractivity contribution < 1.29 is 19.1 Å². The average molecular weight is 370 g/mol. The Labute approximate surface area is 156 Å². The van der Waals surface area contributed by atoms with Crippen LogP contribution in [0.5, 0.6) is 0 Å². The fourth-order valence-corrected chi connectivity index (χ4v) is 3.00. The van der Waals surface area contributed by atoms with Gasteiger partial charge in [-0.1, -0.05) is 25.0 Å². The van der Waals surface area contributed by atoms with Crippen LogP contribution in [0.4, 0.5) is 4.79 Å². The van der Waals surface area contributed by atoms with Crippen LogP contribution in [0.1, 0.15) is 41.6 Å². The van der Waals surface area contributed by atoms with Gasteiger partial charge in [0.25, 0.3) is 5.91 Å². The summed E-state index contributed by atoms with van der Waals surface area (Å²) in [7, 11) is 0. The Kier molecular flexibility index (Phi) is 6.19. The standard InChI is InChI=1S/C19H22N4O4/c24-17(22-19(26)21-16-4-1-2-5-16)13-27-18(25)15-8-6-14(7-9-15)12-23-11-3-10-20-23/h3,6-11,16H,1-2,4-5,12-13H2,(H2,21,22,24,26). The van der Waals surface area contributed by atoms with E-state index in [0.717, 1.165) is 31.2 Å². The maximum absolute atomic E-state index is 12.0. The molecule has 1 aliphatic rings. The number of aromatic nitrogens is 2. The van der Waals surface area contributed by atoms with Gasteiger partial charge < -0.3 is 10.1 Å². The summed E-state index contributed by atoms with van der Waals surface area (Å²) in [5, 5.41) is 9.03. The molecule has 2 N–H and O–H groups in total. The summed E-state index contributed by atoms with van der Waals surface area (Å²) < 4.78 is 6.73. The summed E-state index contributed by atoms with van der Waals surface area (Å²) in [6.07, 6.45) is 7.56. The number of amides is 3. The number of carbonyl (C=O) groups is 3. The highest BCUT2D eigenvalue weighted by Crippen LogP contribution is 2.17. The first-order valence-electron chi connectivity index (χ1n) is 8.94. The summed E-state index contributed by atoms with van der Waals surface area (Å²) in [5.74, 6) is -1.28. The van der Waals surface area contributed by atoms with Gasteiger partial charge in [0.05, 0.1) is 12.1 Å². The summed E-state index contributed by atoms with van der Waals surface area (Å²) >= 11 is 0. The zero-order chi connectivity index (χ0) is 19.1. The third kappa shape index (κ3) is 5.67. The van der Waals surface area contributed by atoms with E-state index in [1.165, 1.54) is 0 Å². The van der Waals surface area contributed by atoms with Crippen LogP contribution in [-0.4, -0.2) is 40.3 Å². The van der Waals surface area contributed by atoms with Gasteiger partial charge in [-0.3, -0.25) is 14.8 Å².